The van der Waals surface area contributed by atoms with Gasteiger partial charge in [0.15, 0.2) is 5.82 Å². The highest BCUT2D eigenvalue weighted by molar-refractivity contribution is 5.55. The molecule has 0 saturated heterocycles. The molecule has 160 valence electrons. The maximum atomic E-state index is 10.4. The molecule has 0 radical (unpaired) electrons. The summed E-state index contributed by atoms with van der Waals surface area (Å²) in [6.45, 7) is 4.40. The van der Waals surface area contributed by atoms with E-state index in [1.165, 1.54) is 44.1 Å². The molecule has 0 aliphatic heterocycles. The van der Waals surface area contributed by atoms with E-state index in [-0.39, 0.29) is 0 Å². The highest BCUT2D eigenvalue weighted by Crippen LogP contribution is 2.23. The van der Waals surface area contributed by atoms with Crippen LogP contribution in [0.3, 0.4) is 0 Å². The Morgan fingerprint density at radius 3 is 2.03 bits per heavy atom. The van der Waals surface area contributed by atoms with Crippen LogP contribution in [-0.4, -0.2) is 26.3 Å². The fourth-order valence-corrected chi connectivity index (χ4v) is 3.56. The van der Waals surface area contributed by atoms with Gasteiger partial charge in [-0.2, -0.15) is 0 Å². The van der Waals surface area contributed by atoms with E-state index in [0.29, 0.717) is 12.2 Å². The number of aliphatic hydroxyl groups excluding tert-OH is 2. The number of rotatable bonds is 14. The van der Waals surface area contributed by atoms with Crippen LogP contribution < -0.4 is 0 Å². The van der Waals surface area contributed by atoms with E-state index in [1.807, 2.05) is 36.7 Å². The van der Waals surface area contributed by atoms with Crippen molar-refractivity contribution in [2.75, 3.05) is 0 Å². The van der Waals surface area contributed by atoms with Gasteiger partial charge in [-0.15, -0.1) is 0 Å². The lowest BCUT2D eigenvalue weighted by atomic mass is 9.99. The number of benzene rings is 1. The molecule has 2 N–H and O–H groups in total. The molecule has 0 unspecified atom stereocenters. The summed E-state index contributed by atoms with van der Waals surface area (Å²) in [7, 11) is 0. The van der Waals surface area contributed by atoms with Crippen LogP contribution in [0.2, 0.25) is 0 Å². The SMILES string of the molecule is CCCCCCc1cnc(-c2ccc([C@H](O)C[C@H](O)CCCCCC)cc2)nc1. The first-order valence-electron chi connectivity index (χ1n) is 11.4. The largest absolute Gasteiger partial charge is 0.393 e. The second-order valence-electron chi connectivity index (χ2n) is 8.10. The molecule has 1 heterocycles. The molecule has 4 heteroatoms. The van der Waals surface area contributed by atoms with Crippen LogP contribution in [0.25, 0.3) is 11.4 Å². The van der Waals surface area contributed by atoms with Gasteiger partial charge < -0.3 is 10.2 Å². The molecule has 2 atom stereocenters. The van der Waals surface area contributed by atoms with E-state index in [4.69, 9.17) is 0 Å². The molecule has 0 amide bonds. The molecular formula is C25H38N2O2. The highest BCUT2D eigenvalue weighted by atomic mass is 16.3. The smallest absolute Gasteiger partial charge is 0.159 e. The molecule has 0 saturated carbocycles. The standard InChI is InChI=1S/C25H38N2O2/c1-3-5-7-9-11-20-18-26-25(27-19-20)22-15-13-21(14-16-22)24(29)17-23(28)12-10-8-6-4-2/h13-16,18-19,23-24,28-29H,3-12,17H2,1-2H3/t23-,24-/m1/s1. The Hall–Kier alpha value is -1.78. The fourth-order valence-electron chi connectivity index (χ4n) is 3.56. The van der Waals surface area contributed by atoms with E-state index >= 15 is 0 Å². The second kappa shape index (κ2) is 13.4. The first-order chi connectivity index (χ1) is 14.1. The van der Waals surface area contributed by atoms with Crippen molar-refractivity contribution in [3.05, 3.63) is 47.8 Å². The molecule has 0 fully saturated rings. The number of aliphatic hydroxyl groups is 2. The second-order valence-corrected chi connectivity index (χ2v) is 8.10. The summed E-state index contributed by atoms with van der Waals surface area (Å²) < 4.78 is 0. The van der Waals surface area contributed by atoms with Gasteiger partial charge in [0.2, 0.25) is 0 Å². The summed E-state index contributed by atoms with van der Waals surface area (Å²) in [4.78, 5) is 9.01. The Kier molecular flexibility index (Phi) is 10.9. The molecule has 0 spiro atoms. The number of unbranched alkanes of at least 4 members (excludes halogenated alkanes) is 6. The van der Waals surface area contributed by atoms with Crippen molar-refractivity contribution in [2.24, 2.45) is 0 Å². The molecule has 1 aromatic carbocycles. The molecule has 2 rings (SSSR count). The summed E-state index contributed by atoms with van der Waals surface area (Å²) in [5.41, 5.74) is 2.96. The lowest BCUT2D eigenvalue weighted by molar-refractivity contribution is 0.0739. The van der Waals surface area contributed by atoms with Crippen molar-refractivity contribution in [2.45, 2.75) is 96.7 Å². The van der Waals surface area contributed by atoms with Crippen molar-refractivity contribution >= 4 is 0 Å². The first-order valence-corrected chi connectivity index (χ1v) is 11.4. The van der Waals surface area contributed by atoms with Gasteiger partial charge in [0.1, 0.15) is 0 Å². The van der Waals surface area contributed by atoms with Gasteiger partial charge >= 0.3 is 0 Å². The van der Waals surface area contributed by atoms with E-state index < -0.39 is 12.2 Å². The Morgan fingerprint density at radius 2 is 1.41 bits per heavy atom. The average Bonchev–Trinajstić information content (AvgIpc) is 2.75. The van der Waals surface area contributed by atoms with Crippen LogP contribution in [0, 0.1) is 0 Å². The normalized spacial score (nSPS) is 13.4. The molecule has 0 aliphatic carbocycles. The zero-order valence-electron chi connectivity index (χ0n) is 18.2. The van der Waals surface area contributed by atoms with Gasteiger partial charge in [-0.05, 0) is 30.4 Å². The maximum Gasteiger partial charge on any atom is 0.159 e. The minimum Gasteiger partial charge on any atom is -0.393 e. The first kappa shape index (κ1) is 23.5. The number of hydrogen-bond donors (Lipinski definition) is 2. The molecule has 0 aliphatic rings. The third-order valence-electron chi connectivity index (χ3n) is 5.46. The third-order valence-corrected chi connectivity index (χ3v) is 5.46. The number of aromatic nitrogens is 2. The van der Waals surface area contributed by atoms with Crippen LogP contribution in [0.15, 0.2) is 36.7 Å². The van der Waals surface area contributed by atoms with Crippen molar-refractivity contribution < 1.29 is 10.2 Å². The molecule has 4 nitrogen and oxygen atoms in total. The zero-order chi connectivity index (χ0) is 20.9. The molecule has 1 aromatic heterocycles. The molecule has 0 bridgehead atoms. The Balaban J connectivity index is 1.84. The summed E-state index contributed by atoms with van der Waals surface area (Å²) in [6.07, 6.45) is 14.5. The van der Waals surface area contributed by atoms with Gasteiger partial charge in [-0.3, -0.25) is 0 Å². The summed E-state index contributed by atoms with van der Waals surface area (Å²) in [6, 6.07) is 7.71. The topological polar surface area (TPSA) is 66.2 Å². The fraction of sp³-hybridized carbons (Fsp3) is 0.600. The molecular weight excluding hydrogens is 360 g/mol. The van der Waals surface area contributed by atoms with E-state index in [9.17, 15) is 10.2 Å². The van der Waals surface area contributed by atoms with Crippen molar-refractivity contribution in [1.82, 2.24) is 9.97 Å². The van der Waals surface area contributed by atoms with Crippen molar-refractivity contribution in [3.8, 4) is 11.4 Å². The Labute approximate surface area is 176 Å². The molecule has 2 aromatic rings. The number of aryl methyl sites for hydroxylation is 1. The number of hydrogen-bond acceptors (Lipinski definition) is 4. The summed E-state index contributed by atoms with van der Waals surface area (Å²) >= 11 is 0. The summed E-state index contributed by atoms with van der Waals surface area (Å²) in [5.74, 6) is 0.708. The van der Waals surface area contributed by atoms with Crippen LogP contribution >= 0.6 is 0 Å². The Morgan fingerprint density at radius 1 is 0.793 bits per heavy atom. The van der Waals surface area contributed by atoms with Crippen molar-refractivity contribution in [3.63, 3.8) is 0 Å². The Bertz CT molecular complexity index is 670. The van der Waals surface area contributed by atoms with Crippen LogP contribution in [0.1, 0.15) is 95.3 Å². The van der Waals surface area contributed by atoms with Crippen LogP contribution in [-0.2, 0) is 6.42 Å². The zero-order valence-corrected chi connectivity index (χ0v) is 18.2. The third kappa shape index (κ3) is 8.63. The van der Waals surface area contributed by atoms with Gasteiger partial charge in [0.05, 0.1) is 12.2 Å². The predicted octanol–water partition coefficient (Wildman–Crippen LogP) is 6.02. The van der Waals surface area contributed by atoms with Crippen LogP contribution in [0.5, 0.6) is 0 Å². The van der Waals surface area contributed by atoms with E-state index in [1.54, 1.807) is 0 Å². The van der Waals surface area contributed by atoms with Crippen molar-refractivity contribution in [1.29, 1.82) is 0 Å². The van der Waals surface area contributed by atoms with Crippen LogP contribution in [0.4, 0.5) is 0 Å². The maximum absolute atomic E-state index is 10.4. The van der Waals surface area contributed by atoms with E-state index in [0.717, 1.165) is 36.8 Å². The highest BCUT2D eigenvalue weighted by Gasteiger charge is 2.14. The average molecular weight is 399 g/mol. The lowest BCUT2D eigenvalue weighted by Gasteiger charge is -2.16. The minimum absolute atomic E-state index is 0.384. The number of nitrogens with zero attached hydrogens (tertiary/aromatic N) is 2. The predicted molar refractivity (Wildman–Crippen MR) is 120 cm³/mol. The monoisotopic (exact) mass is 398 g/mol. The van der Waals surface area contributed by atoms with Gasteiger partial charge in [-0.1, -0.05) is 83.1 Å². The molecule has 29 heavy (non-hydrogen) atoms. The summed E-state index contributed by atoms with van der Waals surface area (Å²) in [5, 5.41) is 20.6. The van der Waals surface area contributed by atoms with E-state index in [2.05, 4.69) is 23.8 Å². The van der Waals surface area contributed by atoms with Gasteiger partial charge in [0.25, 0.3) is 0 Å². The minimum atomic E-state index is -0.642. The quantitative estimate of drug-likeness (QED) is 0.382. The van der Waals surface area contributed by atoms with Gasteiger partial charge in [-0.25, -0.2) is 9.97 Å². The van der Waals surface area contributed by atoms with Gasteiger partial charge in [0, 0.05) is 24.4 Å². The lowest BCUT2D eigenvalue weighted by Crippen LogP contribution is -2.12.